The van der Waals surface area contributed by atoms with Crippen molar-refractivity contribution in [3.63, 3.8) is 0 Å². The molecule has 1 saturated heterocycles. The number of rotatable bonds is 17. The molecule has 9 heterocycles. The molecular formula is C67H67N13O13S6. The first-order chi connectivity index (χ1) is 47.7. The second kappa shape index (κ2) is 31.1. The zero-order valence-corrected chi connectivity index (χ0v) is 58.3. The lowest BCUT2D eigenvalue weighted by Crippen LogP contribution is -2.50. The fourth-order valence-corrected chi connectivity index (χ4v) is 17.4. The van der Waals surface area contributed by atoms with E-state index in [0.717, 1.165) is 34.0 Å². The third kappa shape index (κ3) is 16.2. The van der Waals surface area contributed by atoms with Gasteiger partial charge in [0, 0.05) is 94.9 Å². The van der Waals surface area contributed by atoms with E-state index in [1.165, 1.54) is 44.3 Å². The SMILES string of the molecule is COCCCNC(=O)COc1ccc(C[C@@H]2NC(=O)c3csc(n3)[C@H]([C@H](O)c3ccccc3)CC(=O)c3nc(sc3C)[C@H](CC(N)=O)NC(=O)c3csc(n3)-c3ccc(-c4nc(C(=O)NC5CCC(C(=O)O)CC5)cs4)nc3-c3csc(n3)-c3csc(n3)[C@@H]3[C@@H](C)[C@@H](O)CN3C2=O)cc1. The van der Waals surface area contributed by atoms with Crippen LogP contribution in [0.15, 0.2) is 93.6 Å². The number of aryl methyl sites for hydroxylation is 1. The predicted octanol–water partition coefficient (Wildman–Crippen LogP) is 8.37. The van der Waals surface area contributed by atoms with E-state index in [1.807, 2.05) is 6.92 Å². The zero-order valence-electron chi connectivity index (χ0n) is 53.4. The van der Waals surface area contributed by atoms with Crippen molar-refractivity contribution in [1.82, 2.24) is 61.1 Å². The minimum absolute atomic E-state index is 0.00899. The Morgan fingerprint density at radius 1 is 0.727 bits per heavy atom. The Hall–Kier alpha value is -8.99. The summed E-state index contributed by atoms with van der Waals surface area (Å²) in [5, 5.41) is 55.3. The number of benzene rings is 2. The van der Waals surface area contributed by atoms with Gasteiger partial charge in [0.1, 0.15) is 76.7 Å². The number of hydrogen-bond donors (Lipinski definition) is 8. The number of carbonyl (C=O) groups excluding carboxylic acids is 7. The molecule has 10 bridgehead atoms. The Labute approximate surface area is 590 Å². The van der Waals surface area contributed by atoms with Crippen molar-refractivity contribution in [2.75, 3.05) is 33.4 Å². The van der Waals surface area contributed by atoms with E-state index in [1.54, 1.807) is 102 Å². The number of methoxy groups -OCH3 is 1. The van der Waals surface area contributed by atoms with Gasteiger partial charge >= 0.3 is 5.97 Å². The first-order valence-electron chi connectivity index (χ1n) is 31.7. The van der Waals surface area contributed by atoms with E-state index in [2.05, 4.69) is 26.3 Å². The summed E-state index contributed by atoms with van der Waals surface area (Å²) in [6, 6.07) is 15.5. The van der Waals surface area contributed by atoms with Gasteiger partial charge in [-0.15, -0.1) is 68.0 Å². The molecular weight excluding hydrogens is 1390 g/mol. The van der Waals surface area contributed by atoms with Gasteiger partial charge in [-0.05, 0) is 74.4 Å². The molecule has 0 spiro atoms. The molecule has 1 aliphatic carbocycles. The predicted molar refractivity (Wildman–Crippen MR) is 372 cm³/mol. The number of primary amides is 1. The van der Waals surface area contributed by atoms with Gasteiger partial charge in [-0.1, -0.05) is 49.4 Å². The highest BCUT2D eigenvalue weighted by atomic mass is 32.1. The highest BCUT2D eigenvalue weighted by Gasteiger charge is 2.46. The largest absolute Gasteiger partial charge is 0.484 e. The third-order valence-electron chi connectivity index (χ3n) is 17.3. The molecule has 9 N–H and O–H groups in total. The number of aliphatic hydroxyl groups is 2. The van der Waals surface area contributed by atoms with Crippen LogP contribution in [0.2, 0.25) is 0 Å². The standard InChI is InChI=1S/C67H67N13O13S6/c1-32-50(82)25-80-55(32)65-78-48(31-98-65)63-74-44(27-96-63)54-39(18-19-41(71-54)62-77-45(30-97-62)57(86)70-37-14-12-36(13-15-37)67(90)91)60-75-46(28-94-60)58(87)72-42(24-51(68)83)64-79-53(33(2)99-64)49(81)23-40(56(85)35-8-5-4-6-9-35)61-76-47(29-95-61)59(88)73-43(66(80)89)22-34-10-16-38(17-11-34)93-26-52(84)69-20-7-21-92-3/h4-6,8-11,16-19,27-32,36-37,40,42-43,50,55-56,82,85H,7,12-15,20-26H2,1-3H3,(H2,68,83)(H,69,84)(H,70,86)(H,72,87)(H,73,88)(H,90,91)/t32-,36?,37?,40-,42-,43-,50-,55-,56+/m0/s1. The van der Waals surface area contributed by atoms with Crippen molar-refractivity contribution >= 4 is 115 Å². The number of aromatic nitrogens is 7. The number of nitrogens with two attached hydrogens (primary N) is 1. The molecule has 1 saturated carbocycles. The van der Waals surface area contributed by atoms with Gasteiger partial charge in [0.05, 0.1) is 47.3 Å². The highest BCUT2D eigenvalue weighted by molar-refractivity contribution is 7.15. The van der Waals surface area contributed by atoms with Gasteiger partial charge in [-0.25, -0.2) is 34.9 Å². The van der Waals surface area contributed by atoms with Crippen LogP contribution in [0.5, 0.6) is 5.75 Å². The topological polar surface area (TPSA) is 383 Å². The number of aliphatic carboxylic acids is 1. The number of aliphatic hydroxyl groups excluding tert-OH is 2. The number of hydrogen-bond acceptors (Lipinski definition) is 25. The molecule has 32 heteroatoms. The first kappa shape index (κ1) is 69.9. The Morgan fingerprint density at radius 2 is 1.39 bits per heavy atom. The van der Waals surface area contributed by atoms with Crippen LogP contribution in [0.25, 0.3) is 43.4 Å². The molecule has 26 nitrogen and oxygen atoms in total. The summed E-state index contributed by atoms with van der Waals surface area (Å²) in [5.41, 5.74) is 8.91. The van der Waals surface area contributed by atoms with Gasteiger partial charge in [-0.2, -0.15) is 0 Å². The van der Waals surface area contributed by atoms with Crippen LogP contribution in [0.3, 0.4) is 0 Å². The summed E-state index contributed by atoms with van der Waals surface area (Å²) in [4.78, 5) is 146. The fourth-order valence-electron chi connectivity index (χ4n) is 12.0. The number of ether oxygens (including phenoxy) is 2. The van der Waals surface area contributed by atoms with Gasteiger partial charge in [0.15, 0.2) is 12.4 Å². The van der Waals surface area contributed by atoms with Crippen molar-refractivity contribution in [2.24, 2.45) is 17.6 Å². The number of carboxylic acid groups (broad SMARTS) is 1. The number of ketones is 1. The summed E-state index contributed by atoms with van der Waals surface area (Å²) in [6.45, 7) is 4.02. The number of Topliss-reactive ketones (excluding diaryl/α,β-unsaturated/α-hetero) is 1. The van der Waals surface area contributed by atoms with Gasteiger partial charge in [0.2, 0.25) is 11.8 Å². The van der Waals surface area contributed by atoms with Crippen molar-refractivity contribution in [3.05, 3.63) is 147 Å². The maximum absolute atomic E-state index is 15.5. The average molecular weight is 1450 g/mol. The van der Waals surface area contributed by atoms with Crippen LogP contribution in [0, 0.1) is 18.8 Å². The molecule has 7 aromatic heterocycles. The molecule has 12 rings (SSSR count). The highest BCUT2D eigenvalue weighted by Crippen LogP contribution is 2.44. The lowest BCUT2D eigenvalue weighted by Gasteiger charge is -2.29. The monoisotopic (exact) mass is 1450 g/mol. The van der Waals surface area contributed by atoms with Gasteiger partial charge in [-0.3, -0.25) is 38.4 Å². The Morgan fingerprint density at radius 3 is 2.14 bits per heavy atom. The molecule has 99 heavy (non-hydrogen) atoms. The number of nitrogens with zero attached hydrogens (tertiary/aromatic N) is 8. The lowest BCUT2D eigenvalue weighted by atomic mass is 9.86. The van der Waals surface area contributed by atoms with Crippen LogP contribution in [-0.2, 0) is 30.3 Å². The number of carboxylic acids is 1. The maximum Gasteiger partial charge on any atom is 0.306 e. The Bertz CT molecular complexity index is 4470. The first-order valence-corrected chi connectivity index (χ1v) is 36.9. The fraction of sp³-hybridized carbons (Fsp3) is 0.358. The average Bonchev–Trinajstić information content (AvgIpc) is 1.62. The Kier molecular flexibility index (Phi) is 21.9. The number of nitrogens with one attached hydrogen (secondary N) is 4. The minimum Gasteiger partial charge on any atom is -0.484 e. The van der Waals surface area contributed by atoms with Crippen LogP contribution >= 0.6 is 68.0 Å². The number of fused-ring (bicyclic) bond motifs is 16. The molecule has 2 fully saturated rings. The normalized spacial score (nSPS) is 20.8. The summed E-state index contributed by atoms with van der Waals surface area (Å²) in [5.74, 6) is -6.49. The van der Waals surface area contributed by atoms with E-state index in [-0.39, 0.29) is 70.7 Å². The number of pyridine rings is 1. The van der Waals surface area contributed by atoms with Crippen molar-refractivity contribution in [3.8, 4) is 49.1 Å². The van der Waals surface area contributed by atoms with E-state index in [9.17, 15) is 48.9 Å². The second-order valence-corrected chi connectivity index (χ2v) is 29.8. The molecule has 2 aliphatic heterocycles. The Balaban J connectivity index is 0.910. The van der Waals surface area contributed by atoms with Crippen LogP contribution in [-0.4, -0.2) is 154 Å². The van der Waals surface area contributed by atoms with E-state index in [4.69, 9.17) is 45.1 Å². The smallest absolute Gasteiger partial charge is 0.306 e. The number of amides is 6. The molecule has 514 valence electrons. The molecule has 9 aromatic rings. The number of carbonyl (C=O) groups is 8. The molecule has 7 atom stereocenters. The number of thiazole rings is 6. The van der Waals surface area contributed by atoms with Crippen molar-refractivity contribution in [2.45, 2.75) is 108 Å². The lowest BCUT2D eigenvalue weighted by molar-refractivity contribution is -0.143. The minimum atomic E-state index is -1.33. The summed E-state index contributed by atoms with van der Waals surface area (Å²) in [6.07, 6.45) is -0.585. The summed E-state index contributed by atoms with van der Waals surface area (Å²) in [7, 11) is 1.58. The molecule has 2 aromatic carbocycles. The van der Waals surface area contributed by atoms with E-state index in [0.29, 0.717) is 115 Å². The van der Waals surface area contributed by atoms with Crippen LogP contribution in [0.4, 0.5) is 0 Å². The second-order valence-electron chi connectivity index (χ2n) is 24.2. The molecule has 0 unspecified atom stereocenters. The van der Waals surface area contributed by atoms with Gasteiger partial charge in [0.25, 0.3) is 23.6 Å². The van der Waals surface area contributed by atoms with E-state index >= 15 is 4.79 Å². The van der Waals surface area contributed by atoms with E-state index < -0.39 is 95.8 Å². The van der Waals surface area contributed by atoms with Crippen LogP contribution in [0.1, 0.15) is 149 Å². The quantitative estimate of drug-likeness (QED) is 0.0397. The molecule has 0 radical (unpaired) electrons. The van der Waals surface area contributed by atoms with Crippen molar-refractivity contribution in [1.29, 1.82) is 0 Å². The molecule has 6 amide bonds. The third-order valence-corrected chi connectivity index (χ3v) is 22.9. The maximum atomic E-state index is 15.5. The summed E-state index contributed by atoms with van der Waals surface area (Å²) < 4.78 is 10.8. The zero-order chi connectivity index (χ0) is 69.6. The molecule has 3 aliphatic rings. The van der Waals surface area contributed by atoms with Gasteiger partial charge < -0.3 is 56.7 Å². The van der Waals surface area contributed by atoms with Crippen LogP contribution < -0.4 is 31.7 Å². The summed E-state index contributed by atoms with van der Waals surface area (Å²) >= 11 is 6.98. The van der Waals surface area contributed by atoms with Crippen molar-refractivity contribution < 1.29 is 63.1 Å².